The van der Waals surface area contributed by atoms with Gasteiger partial charge in [-0.3, -0.25) is 14.5 Å². The van der Waals surface area contributed by atoms with E-state index in [9.17, 15) is 9.59 Å². The van der Waals surface area contributed by atoms with Crippen LogP contribution in [-0.2, 0) is 17.9 Å². The lowest BCUT2D eigenvalue weighted by Crippen LogP contribution is -2.36. The van der Waals surface area contributed by atoms with Crippen molar-refractivity contribution in [3.63, 3.8) is 0 Å². The number of hydrogen-bond acceptors (Lipinski definition) is 4. The molecule has 0 bridgehead atoms. The standard InChI is InChI=1S/C21H26BrN3O2S/c1-15-8-10-25(11-9-15)14-17-4-2-16(3-5-17)12-23-20(26)13-24-21(27)18-6-7-19(22)28-18/h2-7,15H,8-14H2,1H3,(H,23,26)(H,24,27). The maximum absolute atomic E-state index is 12.0. The first-order valence-corrected chi connectivity index (χ1v) is 11.2. The van der Waals surface area contributed by atoms with Crippen molar-refractivity contribution in [1.29, 1.82) is 0 Å². The molecule has 2 aromatic rings. The van der Waals surface area contributed by atoms with E-state index in [1.54, 1.807) is 6.07 Å². The molecular weight excluding hydrogens is 438 g/mol. The summed E-state index contributed by atoms with van der Waals surface area (Å²) in [5.41, 5.74) is 2.36. The van der Waals surface area contributed by atoms with Crippen LogP contribution >= 0.6 is 27.3 Å². The van der Waals surface area contributed by atoms with E-state index in [-0.39, 0.29) is 18.4 Å². The van der Waals surface area contributed by atoms with E-state index >= 15 is 0 Å². The normalized spacial score (nSPS) is 15.4. The second-order valence-electron chi connectivity index (χ2n) is 7.34. The van der Waals surface area contributed by atoms with Crippen LogP contribution in [0, 0.1) is 5.92 Å². The number of likely N-dealkylation sites (tertiary alicyclic amines) is 1. The van der Waals surface area contributed by atoms with Crippen molar-refractivity contribution in [2.75, 3.05) is 19.6 Å². The van der Waals surface area contributed by atoms with Crippen LogP contribution in [0.3, 0.4) is 0 Å². The van der Waals surface area contributed by atoms with E-state index < -0.39 is 0 Å². The molecule has 0 atom stereocenters. The largest absolute Gasteiger partial charge is 0.350 e. The Hall–Kier alpha value is -1.70. The fourth-order valence-corrected chi connectivity index (χ4v) is 4.49. The van der Waals surface area contributed by atoms with Gasteiger partial charge in [0.1, 0.15) is 0 Å². The van der Waals surface area contributed by atoms with Crippen molar-refractivity contribution >= 4 is 39.1 Å². The van der Waals surface area contributed by atoms with Gasteiger partial charge in [-0.15, -0.1) is 11.3 Å². The summed E-state index contributed by atoms with van der Waals surface area (Å²) in [7, 11) is 0. The minimum atomic E-state index is -0.234. The highest BCUT2D eigenvalue weighted by Gasteiger charge is 2.15. The van der Waals surface area contributed by atoms with Crippen LogP contribution in [0.4, 0.5) is 0 Å². The van der Waals surface area contributed by atoms with E-state index in [0.717, 1.165) is 21.8 Å². The molecule has 1 saturated heterocycles. The van der Waals surface area contributed by atoms with Gasteiger partial charge in [-0.2, -0.15) is 0 Å². The number of nitrogens with zero attached hydrogens (tertiary/aromatic N) is 1. The van der Waals surface area contributed by atoms with Crippen LogP contribution in [0.25, 0.3) is 0 Å². The third-order valence-electron chi connectivity index (χ3n) is 5.00. The number of carbonyl (C=O) groups is 2. The minimum Gasteiger partial charge on any atom is -0.350 e. The van der Waals surface area contributed by atoms with Crippen LogP contribution in [0.15, 0.2) is 40.2 Å². The molecule has 0 saturated carbocycles. The maximum Gasteiger partial charge on any atom is 0.261 e. The molecule has 1 aromatic carbocycles. The Bertz CT molecular complexity index is 798. The van der Waals surface area contributed by atoms with E-state index in [1.165, 1.54) is 42.8 Å². The number of halogens is 1. The summed E-state index contributed by atoms with van der Waals surface area (Å²) in [4.78, 5) is 27.0. The van der Waals surface area contributed by atoms with E-state index in [1.807, 2.05) is 6.07 Å². The summed E-state index contributed by atoms with van der Waals surface area (Å²) in [6.45, 7) is 6.10. The molecule has 1 fully saturated rings. The lowest BCUT2D eigenvalue weighted by Gasteiger charge is -2.30. The molecule has 5 nitrogen and oxygen atoms in total. The Labute approximate surface area is 178 Å². The topological polar surface area (TPSA) is 61.4 Å². The van der Waals surface area contributed by atoms with Crippen LogP contribution in [-0.4, -0.2) is 36.3 Å². The summed E-state index contributed by atoms with van der Waals surface area (Å²) in [6.07, 6.45) is 2.56. The molecule has 3 rings (SSSR count). The third-order valence-corrected chi connectivity index (χ3v) is 6.62. The molecule has 0 unspecified atom stereocenters. The fraction of sp³-hybridized carbons (Fsp3) is 0.429. The summed E-state index contributed by atoms with van der Waals surface area (Å²) in [5, 5.41) is 5.49. The third kappa shape index (κ3) is 6.43. The highest BCUT2D eigenvalue weighted by atomic mass is 79.9. The average molecular weight is 464 g/mol. The molecule has 0 aliphatic carbocycles. The highest BCUT2D eigenvalue weighted by molar-refractivity contribution is 9.11. The smallest absolute Gasteiger partial charge is 0.261 e. The molecule has 150 valence electrons. The molecular formula is C21H26BrN3O2S. The number of piperidine rings is 1. The Balaban J connectivity index is 1.38. The Morgan fingerprint density at radius 1 is 1.07 bits per heavy atom. The first kappa shape index (κ1) is 21.0. The van der Waals surface area contributed by atoms with Crippen LogP contribution < -0.4 is 10.6 Å². The van der Waals surface area contributed by atoms with E-state index in [4.69, 9.17) is 0 Å². The zero-order chi connectivity index (χ0) is 19.9. The summed E-state index contributed by atoms with van der Waals surface area (Å²) >= 11 is 4.66. The molecule has 28 heavy (non-hydrogen) atoms. The lowest BCUT2D eigenvalue weighted by molar-refractivity contribution is -0.120. The average Bonchev–Trinajstić information content (AvgIpc) is 3.14. The first-order chi connectivity index (χ1) is 13.5. The first-order valence-electron chi connectivity index (χ1n) is 9.60. The van der Waals surface area contributed by atoms with Crippen LogP contribution in [0.1, 0.15) is 40.6 Å². The predicted molar refractivity (Wildman–Crippen MR) is 116 cm³/mol. The number of carbonyl (C=O) groups excluding carboxylic acids is 2. The van der Waals surface area contributed by atoms with Gasteiger partial charge in [0.05, 0.1) is 15.2 Å². The number of amides is 2. The minimum absolute atomic E-state index is 0.0280. The number of nitrogens with one attached hydrogen (secondary N) is 2. The van der Waals surface area contributed by atoms with Gasteiger partial charge in [0.2, 0.25) is 5.91 Å². The van der Waals surface area contributed by atoms with Gasteiger partial charge in [-0.1, -0.05) is 31.2 Å². The van der Waals surface area contributed by atoms with Crippen LogP contribution in [0.2, 0.25) is 0 Å². The van der Waals surface area contributed by atoms with E-state index in [2.05, 4.69) is 62.7 Å². The number of rotatable bonds is 7. The van der Waals surface area contributed by atoms with Crippen molar-refractivity contribution in [3.8, 4) is 0 Å². The van der Waals surface area contributed by atoms with Crippen molar-refractivity contribution < 1.29 is 9.59 Å². The Morgan fingerprint density at radius 3 is 2.39 bits per heavy atom. The summed E-state index contributed by atoms with van der Waals surface area (Å²) < 4.78 is 0.889. The zero-order valence-electron chi connectivity index (χ0n) is 16.0. The molecule has 7 heteroatoms. The van der Waals surface area contributed by atoms with Gasteiger partial charge in [-0.05, 0) is 71.0 Å². The Kier molecular flexibility index (Phi) is 7.65. The van der Waals surface area contributed by atoms with Gasteiger partial charge in [-0.25, -0.2) is 0 Å². The highest BCUT2D eigenvalue weighted by Crippen LogP contribution is 2.21. The van der Waals surface area contributed by atoms with Crippen molar-refractivity contribution in [1.82, 2.24) is 15.5 Å². The van der Waals surface area contributed by atoms with Crippen molar-refractivity contribution in [3.05, 3.63) is 56.2 Å². The molecule has 0 spiro atoms. The quantitative estimate of drug-likeness (QED) is 0.656. The lowest BCUT2D eigenvalue weighted by atomic mass is 9.99. The molecule has 2 N–H and O–H groups in total. The van der Waals surface area contributed by atoms with E-state index in [0.29, 0.717) is 11.4 Å². The van der Waals surface area contributed by atoms with Gasteiger partial charge in [0, 0.05) is 13.1 Å². The molecule has 1 aromatic heterocycles. The molecule has 2 heterocycles. The van der Waals surface area contributed by atoms with Gasteiger partial charge >= 0.3 is 0 Å². The summed E-state index contributed by atoms with van der Waals surface area (Å²) in [5.74, 6) is 0.414. The molecule has 1 aliphatic rings. The zero-order valence-corrected chi connectivity index (χ0v) is 18.4. The van der Waals surface area contributed by atoms with Gasteiger partial charge < -0.3 is 10.6 Å². The molecule has 0 radical (unpaired) electrons. The van der Waals surface area contributed by atoms with Crippen molar-refractivity contribution in [2.24, 2.45) is 5.92 Å². The summed E-state index contributed by atoms with van der Waals surface area (Å²) in [6, 6.07) is 11.9. The Morgan fingerprint density at radius 2 is 1.75 bits per heavy atom. The maximum atomic E-state index is 12.0. The fourth-order valence-electron chi connectivity index (χ4n) is 3.19. The SMILES string of the molecule is CC1CCN(Cc2ccc(CNC(=O)CNC(=O)c3ccc(Br)s3)cc2)CC1. The van der Waals surface area contributed by atoms with Gasteiger partial charge in [0.15, 0.2) is 0 Å². The number of benzene rings is 1. The predicted octanol–water partition coefficient (Wildman–Crippen LogP) is 3.79. The van der Waals surface area contributed by atoms with Crippen LogP contribution in [0.5, 0.6) is 0 Å². The number of hydrogen-bond donors (Lipinski definition) is 2. The second kappa shape index (κ2) is 10.2. The molecule has 1 aliphatic heterocycles. The molecule has 2 amide bonds. The van der Waals surface area contributed by atoms with Gasteiger partial charge in [0.25, 0.3) is 5.91 Å². The second-order valence-corrected chi connectivity index (χ2v) is 9.80. The monoisotopic (exact) mass is 463 g/mol. The van der Waals surface area contributed by atoms with Crippen molar-refractivity contribution in [2.45, 2.75) is 32.9 Å². The number of thiophene rings is 1.